The van der Waals surface area contributed by atoms with Crippen LogP contribution in [-0.2, 0) is 23.9 Å². The molecular weight excluding hydrogens is 188 g/mol. The molecule has 0 saturated carbocycles. The van der Waals surface area contributed by atoms with Crippen molar-refractivity contribution in [2.24, 2.45) is 0 Å². The van der Waals surface area contributed by atoms with E-state index in [0.29, 0.717) is 6.29 Å². The van der Waals surface area contributed by atoms with E-state index in [0.717, 1.165) is 6.26 Å². The maximum Gasteiger partial charge on any atom is 0.307 e. The molecule has 1 atom stereocenters. The van der Waals surface area contributed by atoms with Crippen LogP contribution in [0.3, 0.4) is 0 Å². The van der Waals surface area contributed by atoms with E-state index in [1.807, 2.05) is 0 Å². The third kappa shape index (κ3) is 5.08. The summed E-state index contributed by atoms with van der Waals surface area (Å²) in [6.07, 6.45) is 2.64. The van der Waals surface area contributed by atoms with Gasteiger partial charge >= 0.3 is 11.9 Å². The number of hydrogen-bond acceptors (Lipinski definition) is 5. The molecule has 5 nitrogen and oxygen atoms in total. The van der Waals surface area contributed by atoms with Crippen LogP contribution < -0.4 is 0 Å². The van der Waals surface area contributed by atoms with Gasteiger partial charge in [0.15, 0.2) is 11.9 Å². The van der Waals surface area contributed by atoms with Gasteiger partial charge in [-0.15, -0.1) is 0 Å². The van der Waals surface area contributed by atoms with Gasteiger partial charge in [-0.1, -0.05) is 0 Å². The Balaban J connectivity index is 4.38. The van der Waals surface area contributed by atoms with E-state index in [-0.39, 0.29) is 0 Å². The second-order valence-electron chi connectivity index (χ2n) is 2.81. The topological polar surface area (TPSA) is 69.7 Å². The van der Waals surface area contributed by atoms with Crippen LogP contribution in [0.1, 0.15) is 20.8 Å². The van der Waals surface area contributed by atoms with Crippen LogP contribution in [-0.4, -0.2) is 23.8 Å². The molecule has 0 bridgehead atoms. The summed E-state index contributed by atoms with van der Waals surface area (Å²) < 4.78 is 9.14. The fraction of sp³-hybridized carbons (Fsp3) is 0.444. The first-order chi connectivity index (χ1) is 6.39. The van der Waals surface area contributed by atoms with Gasteiger partial charge in [0.05, 0.1) is 6.26 Å². The number of aldehydes is 1. The lowest BCUT2D eigenvalue weighted by atomic mass is 10.1. The van der Waals surface area contributed by atoms with Crippen molar-refractivity contribution in [1.82, 2.24) is 0 Å². The van der Waals surface area contributed by atoms with Gasteiger partial charge in [0, 0.05) is 19.9 Å². The quantitative estimate of drug-likeness (QED) is 0.377. The molecule has 0 amide bonds. The number of carbonyl (C=O) groups is 3. The predicted octanol–water partition coefficient (Wildman–Crippen LogP) is 0.584. The molecule has 0 aliphatic carbocycles. The van der Waals surface area contributed by atoms with Gasteiger partial charge in [0.25, 0.3) is 0 Å². The minimum Gasteiger partial charge on any atom is -0.447 e. The molecule has 0 fully saturated rings. The van der Waals surface area contributed by atoms with Crippen LogP contribution in [0.2, 0.25) is 0 Å². The van der Waals surface area contributed by atoms with Crippen molar-refractivity contribution in [2.75, 3.05) is 0 Å². The average molecular weight is 200 g/mol. The van der Waals surface area contributed by atoms with E-state index >= 15 is 0 Å². The Kier molecular flexibility index (Phi) is 4.55. The Morgan fingerprint density at radius 3 is 2.14 bits per heavy atom. The first-order valence-corrected chi connectivity index (χ1v) is 3.90. The second-order valence-corrected chi connectivity index (χ2v) is 2.81. The molecule has 0 aliphatic rings. The number of carbonyl (C=O) groups excluding carboxylic acids is 3. The van der Waals surface area contributed by atoms with Crippen molar-refractivity contribution >= 4 is 18.2 Å². The predicted molar refractivity (Wildman–Crippen MR) is 47.1 cm³/mol. The van der Waals surface area contributed by atoms with Crippen molar-refractivity contribution in [3.63, 3.8) is 0 Å². The Morgan fingerprint density at radius 2 is 1.79 bits per heavy atom. The van der Waals surface area contributed by atoms with Crippen LogP contribution in [0.25, 0.3) is 0 Å². The number of esters is 2. The maximum absolute atomic E-state index is 10.6. The standard InChI is InChI=1S/C9H12O5/c1-7(11)13-5-4-9(3,6-10)14-8(2)12/h4-6H,1-3H3/b5-4+. The lowest BCUT2D eigenvalue weighted by Crippen LogP contribution is -2.30. The SMILES string of the molecule is CC(=O)O/C=C/C(C)(C=O)OC(C)=O. The van der Waals surface area contributed by atoms with Crippen molar-refractivity contribution in [3.8, 4) is 0 Å². The number of ether oxygens (including phenoxy) is 2. The minimum atomic E-state index is -1.39. The highest BCUT2D eigenvalue weighted by molar-refractivity contribution is 5.74. The fourth-order valence-corrected chi connectivity index (χ4v) is 0.672. The summed E-state index contributed by atoms with van der Waals surface area (Å²) in [5, 5.41) is 0. The molecule has 0 aromatic carbocycles. The second kappa shape index (κ2) is 5.16. The fourth-order valence-electron chi connectivity index (χ4n) is 0.672. The zero-order valence-corrected chi connectivity index (χ0v) is 8.27. The Bertz CT molecular complexity index is 268. The summed E-state index contributed by atoms with van der Waals surface area (Å²) in [7, 11) is 0. The Labute approximate surface area is 81.7 Å². The van der Waals surface area contributed by atoms with E-state index in [9.17, 15) is 14.4 Å². The molecule has 0 radical (unpaired) electrons. The molecule has 0 spiro atoms. The van der Waals surface area contributed by atoms with Crippen LogP contribution in [0.5, 0.6) is 0 Å². The van der Waals surface area contributed by atoms with E-state index in [4.69, 9.17) is 0 Å². The zero-order valence-electron chi connectivity index (χ0n) is 8.27. The highest BCUT2D eigenvalue weighted by Crippen LogP contribution is 2.09. The van der Waals surface area contributed by atoms with Crippen molar-refractivity contribution in [3.05, 3.63) is 12.3 Å². The minimum absolute atomic E-state index is 0.439. The highest BCUT2D eigenvalue weighted by Gasteiger charge is 2.23. The summed E-state index contributed by atoms with van der Waals surface area (Å²) in [4.78, 5) is 31.5. The summed E-state index contributed by atoms with van der Waals surface area (Å²) in [6, 6.07) is 0. The summed E-state index contributed by atoms with van der Waals surface area (Å²) in [5.41, 5.74) is -1.39. The third-order valence-electron chi connectivity index (χ3n) is 1.23. The van der Waals surface area contributed by atoms with Gasteiger partial charge in [0.1, 0.15) is 0 Å². The lowest BCUT2D eigenvalue weighted by molar-refractivity contribution is -0.154. The molecule has 0 aromatic rings. The first kappa shape index (κ1) is 12.3. The molecule has 5 heteroatoms. The largest absolute Gasteiger partial charge is 0.447 e. The molecule has 0 rings (SSSR count). The molecule has 0 heterocycles. The summed E-state index contributed by atoms with van der Waals surface area (Å²) >= 11 is 0. The smallest absolute Gasteiger partial charge is 0.307 e. The zero-order chi connectivity index (χ0) is 11.2. The van der Waals surface area contributed by atoms with Gasteiger partial charge in [-0.05, 0) is 6.92 Å². The van der Waals surface area contributed by atoms with Gasteiger partial charge < -0.3 is 9.47 Å². The molecule has 0 saturated heterocycles. The van der Waals surface area contributed by atoms with Crippen LogP contribution in [0.4, 0.5) is 0 Å². The molecule has 78 valence electrons. The number of hydrogen-bond donors (Lipinski definition) is 0. The Hall–Kier alpha value is -1.65. The van der Waals surface area contributed by atoms with E-state index in [2.05, 4.69) is 9.47 Å². The summed E-state index contributed by atoms with van der Waals surface area (Å²) in [6.45, 7) is 3.78. The van der Waals surface area contributed by atoms with Gasteiger partial charge in [-0.3, -0.25) is 14.4 Å². The van der Waals surface area contributed by atoms with Crippen LogP contribution in [0.15, 0.2) is 12.3 Å². The number of rotatable bonds is 4. The maximum atomic E-state index is 10.6. The first-order valence-electron chi connectivity index (χ1n) is 3.90. The lowest BCUT2D eigenvalue weighted by Gasteiger charge is -2.17. The molecule has 1 unspecified atom stereocenters. The highest BCUT2D eigenvalue weighted by atomic mass is 16.6. The molecule has 0 aromatic heterocycles. The Morgan fingerprint density at radius 1 is 1.21 bits per heavy atom. The van der Waals surface area contributed by atoms with Crippen LogP contribution >= 0.6 is 0 Å². The molecule has 0 N–H and O–H groups in total. The van der Waals surface area contributed by atoms with E-state index in [1.165, 1.54) is 26.8 Å². The van der Waals surface area contributed by atoms with Crippen molar-refractivity contribution < 1.29 is 23.9 Å². The van der Waals surface area contributed by atoms with Gasteiger partial charge in [-0.25, -0.2) is 0 Å². The van der Waals surface area contributed by atoms with Crippen LogP contribution in [0, 0.1) is 0 Å². The van der Waals surface area contributed by atoms with E-state index < -0.39 is 17.5 Å². The van der Waals surface area contributed by atoms with Crippen molar-refractivity contribution in [2.45, 2.75) is 26.4 Å². The third-order valence-corrected chi connectivity index (χ3v) is 1.23. The molecular formula is C9H12O5. The normalized spacial score (nSPS) is 14.5. The van der Waals surface area contributed by atoms with Crippen molar-refractivity contribution in [1.29, 1.82) is 0 Å². The molecule has 14 heavy (non-hydrogen) atoms. The molecule has 0 aliphatic heterocycles. The van der Waals surface area contributed by atoms with E-state index in [1.54, 1.807) is 0 Å². The monoisotopic (exact) mass is 200 g/mol. The van der Waals surface area contributed by atoms with Gasteiger partial charge in [0.2, 0.25) is 0 Å². The van der Waals surface area contributed by atoms with Gasteiger partial charge in [-0.2, -0.15) is 0 Å². The summed E-state index contributed by atoms with van der Waals surface area (Å²) in [5.74, 6) is -1.11. The average Bonchev–Trinajstić information content (AvgIpc) is 2.02.